The van der Waals surface area contributed by atoms with Crippen molar-refractivity contribution in [2.45, 2.75) is 5.92 Å². The van der Waals surface area contributed by atoms with Crippen LogP contribution in [0.15, 0.2) is 55.1 Å². The Balaban J connectivity index is 1.46. The third-order valence-corrected chi connectivity index (χ3v) is 4.66. The molecule has 0 radical (unpaired) electrons. The van der Waals surface area contributed by atoms with Gasteiger partial charge in [-0.05, 0) is 5.56 Å². The summed E-state index contributed by atoms with van der Waals surface area (Å²) in [6.45, 7) is 1.42. The summed E-state index contributed by atoms with van der Waals surface area (Å²) < 4.78 is 1.76. The average molecular weight is 348 g/mol. The van der Waals surface area contributed by atoms with Crippen LogP contribution in [0.2, 0.25) is 0 Å². The van der Waals surface area contributed by atoms with Crippen molar-refractivity contribution in [2.75, 3.05) is 18.4 Å². The lowest BCUT2D eigenvalue weighted by Crippen LogP contribution is -2.28. The lowest BCUT2D eigenvalue weighted by Gasteiger charge is -2.16. The maximum Gasteiger partial charge on any atom is 0.229 e. The molecule has 7 nitrogen and oxygen atoms in total. The number of amides is 1. The van der Waals surface area contributed by atoms with Crippen molar-refractivity contribution in [3.05, 3.63) is 60.7 Å². The monoisotopic (exact) mass is 348 g/mol. The SMILES string of the molecule is Cn1cc([C@H]2CNC[C@@H]2C(=O)Nc2cnc(-c3ccccc3)nc2)cn1. The minimum Gasteiger partial charge on any atom is -0.323 e. The highest BCUT2D eigenvalue weighted by molar-refractivity contribution is 5.93. The van der Waals surface area contributed by atoms with E-state index >= 15 is 0 Å². The van der Waals surface area contributed by atoms with E-state index in [0.717, 1.165) is 17.7 Å². The van der Waals surface area contributed by atoms with Crippen LogP contribution in [-0.4, -0.2) is 38.7 Å². The summed E-state index contributed by atoms with van der Waals surface area (Å²) in [4.78, 5) is 21.4. The molecule has 0 unspecified atom stereocenters. The molecular formula is C19H20N6O. The first-order valence-electron chi connectivity index (χ1n) is 8.58. The number of hydrogen-bond donors (Lipinski definition) is 2. The largest absolute Gasteiger partial charge is 0.323 e. The zero-order chi connectivity index (χ0) is 17.9. The Morgan fingerprint density at radius 3 is 2.62 bits per heavy atom. The molecule has 0 bridgehead atoms. The van der Waals surface area contributed by atoms with Crippen LogP contribution in [0.1, 0.15) is 11.5 Å². The van der Waals surface area contributed by atoms with E-state index in [1.165, 1.54) is 0 Å². The van der Waals surface area contributed by atoms with E-state index in [1.54, 1.807) is 17.1 Å². The Hall–Kier alpha value is -3.06. The highest BCUT2D eigenvalue weighted by Gasteiger charge is 2.34. The van der Waals surface area contributed by atoms with Crippen molar-refractivity contribution in [3.8, 4) is 11.4 Å². The van der Waals surface area contributed by atoms with Crippen LogP contribution in [0.25, 0.3) is 11.4 Å². The van der Waals surface area contributed by atoms with E-state index in [1.807, 2.05) is 49.8 Å². The molecule has 1 aliphatic rings. The van der Waals surface area contributed by atoms with Crippen molar-refractivity contribution in [1.29, 1.82) is 0 Å². The van der Waals surface area contributed by atoms with Crippen LogP contribution in [0.4, 0.5) is 5.69 Å². The summed E-state index contributed by atoms with van der Waals surface area (Å²) in [7, 11) is 1.88. The van der Waals surface area contributed by atoms with Crippen LogP contribution < -0.4 is 10.6 Å². The topological polar surface area (TPSA) is 84.7 Å². The van der Waals surface area contributed by atoms with Gasteiger partial charge in [-0.15, -0.1) is 0 Å². The third-order valence-electron chi connectivity index (χ3n) is 4.66. The van der Waals surface area contributed by atoms with Crippen molar-refractivity contribution >= 4 is 11.6 Å². The first-order chi connectivity index (χ1) is 12.7. The highest BCUT2D eigenvalue weighted by atomic mass is 16.2. The second kappa shape index (κ2) is 7.05. The minimum absolute atomic E-state index is 0.0279. The van der Waals surface area contributed by atoms with Gasteiger partial charge in [0.05, 0.1) is 30.2 Å². The average Bonchev–Trinajstić information content (AvgIpc) is 3.32. The Labute approximate surface area is 151 Å². The predicted octanol–water partition coefficient (Wildman–Crippen LogP) is 1.82. The smallest absolute Gasteiger partial charge is 0.229 e. The minimum atomic E-state index is -0.145. The number of aryl methyl sites for hydroxylation is 1. The van der Waals surface area contributed by atoms with E-state index < -0.39 is 0 Å². The van der Waals surface area contributed by atoms with Gasteiger partial charge < -0.3 is 10.6 Å². The summed E-state index contributed by atoms with van der Waals surface area (Å²) in [5.74, 6) is 0.584. The van der Waals surface area contributed by atoms with Gasteiger partial charge in [0.25, 0.3) is 0 Å². The molecule has 1 fully saturated rings. The Bertz CT molecular complexity index is 890. The molecule has 1 aromatic carbocycles. The van der Waals surface area contributed by atoms with E-state index in [2.05, 4.69) is 25.7 Å². The normalized spacial score (nSPS) is 19.4. The van der Waals surface area contributed by atoms with Crippen LogP contribution in [0.3, 0.4) is 0 Å². The first kappa shape index (κ1) is 16.4. The molecule has 3 heterocycles. The predicted molar refractivity (Wildman–Crippen MR) is 98.4 cm³/mol. The molecule has 1 aliphatic heterocycles. The van der Waals surface area contributed by atoms with Crippen LogP contribution in [0, 0.1) is 5.92 Å². The number of carbonyl (C=O) groups is 1. The third kappa shape index (κ3) is 3.34. The first-order valence-corrected chi connectivity index (χ1v) is 8.58. The summed E-state index contributed by atoms with van der Waals surface area (Å²) in [6, 6.07) is 9.75. The van der Waals surface area contributed by atoms with E-state index in [-0.39, 0.29) is 17.7 Å². The Morgan fingerprint density at radius 1 is 1.15 bits per heavy atom. The van der Waals surface area contributed by atoms with Gasteiger partial charge in [-0.2, -0.15) is 5.10 Å². The zero-order valence-electron chi connectivity index (χ0n) is 14.5. The number of rotatable bonds is 4. The fraction of sp³-hybridized carbons (Fsp3) is 0.263. The fourth-order valence-corrected chi connectivity index (χ4v) is 3.30. The van der Waals surface area contributed by atoms with Crippen molar-refractivity contribution in [2.24, 2.45) is 13.0 Å². The maximum atomic E-state index is 12.7. The summed E-state index contributed by atoms with van der Waals surface area (Å²) in [5.41, 5.74) is 2.63. The molecule has 1 amide bonds. The van der Waals surface area contributed by atoms with Crippen molar-refractivity contribution in [3.63, 3.8) is 0 Å². The van der Waals surface area contributed by atoms with Gasteiger partial charge >= 0.3 is 0 Å². The van der Waals surface area contributed by atoms with Gasteiger partial charge in [-0.1, -0.05) is 30.3 Å². The van der Waals surface area contributed by atoms with Crippen LogP contribution >= 0.6 is 0 Å². The van der Waals surface area contributed by atoms with Crippen LogP contribution in [-0.2, 0) is 11.8 Å². The Morgan fingerprint density at radius 2 is 1.92 bits per heavy atom. The van der Waals surface area contributed by atoms with Crippen molar-refractivity contribution in [1.82, 2.24) is 25.1 Å². The number of nitrogens with zero attached hydrogens (tertiary/aromatic N) is 4. The molecule has 0 spiro atoms. The van der Waals surface area contributed by atoms with Gasteiger partial charge in [0, 0.05) is 37.8 Å². The lowest BCUT2D eigenvalue weighted by atomic mass is 9.90. The fourth-order valence-electron chi connectivity index (χ4n) is 3.30. The molecular weight excluding hydrogens is 328 g/mol. The number of anilines is 1. The van der Waals surface area contributed by atoms with Gasteiger partial charge in [-0.25, -0.2) is 9.97 Å². The molecule has 7 heteroatoms. The highest BCUT2D eigenvalue weighted by Crippen LogP contribution is 2.28. The molecule has 2 N–H and O–H groups in total. The molecule has 2 atom stereocenters. The number of nitrogens with one attached hydrogen (secondary N) is 2. The molecule has 132 valence electrons. The number of benzene rings is 1. The molecule has 3 aromatic rings. The Kier molecular flexibility index (Phi) is 4.45. The standard InChI is InChI=1S/C19H20N6O/c1-25-12-14(7-23-25)16-10-20-11-17(16)19(26)24-15-8-21-18(22-9-15)13-5-3-2-4-6-13/h2-9,12,16-17,20H,10-11H2,1H3,(H,24,26)/t16-,17+/m1/s1. The molecule has 4 rings (SSSR count). The number of aromatic nitrogens is 4. The molecule has 0 saturated carbocycles. The second-order valence-corrected chi connectivity index (χ2v) is 6.47. The molecule has 26 heavy (non-hydrogen) atoms. The summed E-state index contributed by atoms with van der Waals surface area (Å²) in [6.07, 6.45) is 7.09. The van der Waals surface area contributed by atoms with Crippen LogP contribution in [0.5, 0.6) is 0 Å². The number of carbonyl (C=O) groups excluding carboxylic acids is 1. The maximum absolute atomic E-state index is 12.7. The summed E-state index contributed by atoms with van der Waals surface area (Å²) >= 11 is 0. The van der Waals surface area contributed by atoms with E-state index in [0.29, 0.717) is 18.1 Å². The van der Waals surface area contributed by atoms with E-state index in [9.17, 15) is 4.79 Å². The summed E-state index contributed by atoms with van der Waals surface area (Å²) in [5, 5.41) is 10.5. The van der Waals surface area contributed by atoms with Gasteiger partial charge in [0.1, 0.15) is 0 Å². The van der Waals surface area contributed by atoms with Gasteiger partial charge in [-0.3, -0.25) is 9.48 Å². The van der Waals surface area contributed by atoms with E-state index in [4.69, 9.17) is 0 Å². The van der Waals surface area contributed by atoms with Gasteiger partial charge in [0.2, 0.25) is 5.91 Å². The number of hydrogen-bond acceptors (Lipinski definition) is 5. The zero-order valence-corrected chi connectivity index (χ0v) is 14.5. The molecule has 0 aliphatic carbocycles. The van der Waals surface area contributed by atoms with Gasteiger partial charge in [0.15, 0.2) is 5.82 Å². The molecule has 2 aromatic heterocycles. The quantitative estimate of drug-likeness (QED) is 0.751. The lowest BCUT2D eigenvalue weighted by molar-refractivity contribution is -0.119. The second-order valence-electron chi connectivity index (χ2n) is 6.47. The molecule has 1 saturated heterocycles. The van der Waals surface area contributed by atoms with Crippen molar-refractivity contribution < 1.29 is 4.79 Å².